The second-order valence-electron chi connectivity index (χ2n) is 8.00. The van der Waals surface area contributed by atoms with Crippen molar-refractivity contribution in [2.24, 2.45) is 0 Å². The Bertz CT molecular complexity index is 1400. The Morgan fingerprint density at radius 3 is 1.24 bits per heavy atom. The molecule has 0 N–H and O–H groups in total. The van der Waals surface area contributed by atoms with Crippen molar-refractivity contribution >= 4 is 41.5 Å². The topological polar surface area (TPSA) is 34.1 Å². The van der Waals surface area contributed by atoms with E-state index < -0.39 is 14.9 Å². The molecular formula is C30H23O2P2+. The van der Waals surface area contributed by atoms with Crippen molar-refractivity contribution in [1.29, 1.82) is 0 Å². The molecule has 1 atom stereocenters. The predicted octanol–water partition coefficient (Wildman–Crippen LogP) is 5.77. The maximum Gasteiger partial charge on any atom is 0.415 e. The van der Waals surface area contributed by atoms with Gasteiger partial charge in [-0.3, -0.25) is 0 Å². The summed E-state index contributed by atoms with van der Waals surface area (Å²) in [6, 6.07) is 44.7. The van der Waals surface area contributed by atoms with Crippen LogP contribution in [0.25, 0.3) is 11.1 Å². The molecule has 0 heterocycles. The van der Waals surface area contributed by atoms with Gasteiger partial charge >= 0.3 is 7.80 Å². The van der Waals surface area contributed by atoms with Crippen LogP contribution in [0.2, 0.25) is 0 Å². The lowest BCUT2D eigenvalue weighted by Gasteiger charge is -2.20. The first-order valence-corrected chi connectivity index (χ1v) is 14.1. The monoisotopic (exact) mass is 477 g/mol. The van der Waals surface area contributed by atoms with Crippen molar-refractivity contribution in [1.82, 2.24) is 0 Å². The van der Waals surface area contributed by atoms with E-state index in [1.807, 2.05) is 140 Å². The molecule has 0 saturated heterocycles. The molecule has 1 unspecified atom stereocenters. The average molecular weight is 477 g/mol. The Balaban J connectivity index is 1.47. The van der Waals surface area contributed by atoms with Crippen molar-refractivity contribution in [2.45, 2.75) is 0 Å². The highest BCUT2D eigenvalue weighted by atomic mass is 31.2. The zero-order valence-corrected chi connectivity index (χ0v) is 20.3. The van der Waals surface area contributed by atoms with E-state index >= 15 is 0 Å². The molecule has 34 heavy (non-hydrogen) atoms. The zero-order chi connectivity index (χ0) is 23.4. The van der Waals surface area contributed by atoms with E-state index in [1.165, 1.54) is 0 Å². The smallest absolute Gasteiger partial charge is 0.309 e. The van der Waals surface area contributed by atoms with E-state index in [4.69, 9.17) is 0 Å². The Kier molecular flexibility index (Phi) is 6.37. The van der Waals surface area contributed by atoms with E-state index in [9.17, 15) is 9.13 Å². The van der Waals surface area contributed by atoms with Gasteiger partial charge in [-0.1, -0.05) is 108 Å². The Morgan fingerprint density at radius 2 is 0.765 bits per heavy atom. The van der Waals surface area contributed by atoms with Crippen molar-refractivity contribution in [3.05, 3.63) is 140 Å². The number of benzene rings is 5. The van der Waals surface area contributed by atoms with E-state index in [0.29, 0.717) is 0 Å². The average Bonchev–Trinajstić information content (AvgIpc) is 2.94. The molecule has 0 spiro atoms. The van der Waals surface area contributed by atoms with Gasteiger partial charge in [-0.25, -0.2) is 0 Å². The second-order valence-corrected chi connectivity index (χ2v) is 12.4. The Morgan fingerprint density at radius 1 is 0.412 bits per heavy atom. The fourth-order valence-electron chi connectivity index (χ4n) is 4.09. The van der Waals surface area contributed by atoms with Gasteiger partial charge in [-0.2, -0.15) is 0 Å². The first kappa shape index (κ1) is 22.2. The minimum Gasteiger partial charge on any atom is -0.309 e. The molecule has 0 radical (unpaired) electrons. The third-order valence-corrected chi connectivity index (χ3v) is 10.5. The minimum absolute atomic E-state index is 0.803. The lowest BCUT2D eigenvalue weighted by atomic mass is 10.1. The molecule has 0 fully saturated rings. The van der Waals surface area contributed by atoms with Gasteiger partial charge in [0.2, 0.25) is 0 Å². The molecular weight excluding hydrogens is 454 g/mol. The number of hydrogen-bond acceptors (Lipinski definition) is 2. The van der Waals surface area contributed by atoms with Crippen LogP contribution in [-0.2, 0) is 9.13 Å². The predicted molar refractivity (Wildman–Crippen MR) is 145 cm³/mol. The van der Waals surface area contributed by atoms with Crippen molar-refractivity contribution in [2.75, 3.05) is 0 Å². The molecule has 0 bridgehead atoms. The van der Waals surface area contributed by atoms with Gasteiger partial charge < -0.3 is 4.57 Å². The highest BCUT2D eigenvalue weighted by Crippen LogP contribution is 2.42. The highest BCUT2D eigenvalue weighted by Gasteiger charge is 2.29. The van der Waals surface area contributed by atoms with Crippen molar-refractivity contribution < 1.29 is 9.13 Å². The third-order valence-electron chi connectivity index (χ3n) is 5.90. The molecule has 0 aromatic heterocycles. The molecule has 5 aromatic rings. The molecule has 0 aliphatic heterocycles. The van der Waals surface area contributed by atoms with Gasteiger partial charge in [0.05, 0.1) is 0 Å². The van der Waals surface area contributed by atoms with Crippen LogP contribution < -0.4 is 26.5 Å². The van der Waals surface area contributed by atoms with Gasteiger partial charge in [-0.15, -0.1) is 0 Å². The summed E-state index contributed by atoms with van der Waals surface area (Å²) < 4.78 is 27.3. The SMILES string of the molecule is O=[P+](c1ccccc1)c1ccc(-c2ccc(P(=O)(c3ccccc3)c3ccccc3)cc2)cc1. The van der Waals surface area contributed by atoms with Gasteiger partial charge in [-0.05, 0) is 47.5 Å². The van der Waals surface area contributed by atoms with Crippen LogP contribution >= 0.6 is 14.9 Å². The summed E-state index contributed by atoms with van der Waals surface area (Å²) >= 11 is 0. The zero-order valence-electron chi connectivity index (χ0n) is 18.5. The summed E-state index contributed by atoms with van der Waals surface area (Å²) in [6.07, 6.45) is 0. The fraction of sp³-hybridized carbons (Fsp3) is 0. The molecule has 5 rings (SSSR count). The van der Waals surface area contributed by atoms with Crippen LogP contribution in [0, 0.1) is 0 Å². The molecule has 2 nitrogen and oxygen atoms in total. The molecule has 0 amide bonds. The fourth-order valence-corrected chi connectivity index (χ4v) is 7.90. The molecule has 164 valence electrons. The minimum atomic E-state index is -2.98. The summed E-state index contributed by atoms with van der Waals surface area (Å²) in [5.41, 5.74) is 2.05. The van der Waals surface area contributed by atoms with E-state index in [1.54, 1.807) is 0 Å². The third kappa shape index (κ3) is 4.31. The lowest BCUT2D eigenvalue weighted by Crippen LogP contribution is -2.24. The van der Waals surface area contributed by atoms with Crippen molar-refractivity contribution in [3.63, 3.8) is 0 Å². The maximum atomic E-state index is 14.5. The Hall–Kier alpha value is -3.57. The van der Waals surface area contributed by atoms with Crippen LogP contribution in [0.15, 0.2) is 140 Å². The van der Waals surface area contributed by atoms with E-state index in [2.05, 4.69) is 0 Å². The molecule has 0 saturated carbocycles. The van der Waals surface area contributed by atoms with Crippen LogP contribution in [0.3, 0.4) is 0 Å². The summed E-state index contributed by atoms with van der Waals surface area (Å²) in [7, 11) is -4.59. The molecule has 4 heteroatoms. The van der Waals surface area contributed by atoms with Gasteiger partial charge in [0.15, 0.2) is 17.8 Å². The molecule has 5 aromatic carbocycles. The normalized spacial score (nSPS) is 11.7. The first-order chi connectivity index (χ1) is 16.7. The van der Waals surface area contributed by atoms with Crippen LogP contribution in [0.5, 0.6) is 0 Å². The largest absolute Gasteiger partial charge is 0.415 e. The van der Waals surface area contributed by atoms with Gasteiger partial charge in [0, 0.05) is 15.9 Å². The highest BCUT2D eigenvalue weighted by molar-refractivity contribution is 7.85. The van der Waals surface area contributed by atoms with Gasteiger partial charge in [0.25, 0.3) is 0 Å². The lowest BCUT2D eigenvalue weighted by molar-refractivity contribution is 0.592. The molecule has 0 aliphatic rings. The van der Waals surface area contributed by atoms with E-state index in [0.717, 1.165) is 37.6 Å². The summed E-state index contributed by atoms with van der Waals surface area (Å²) in [6.45, 7) is 0. The first-order valence-electron chi connectivity index (χ1n) is 11.1. The standard InChI is InChI=1S/C30H23O2P2/c31-33(26-10-4-1-5-11-26)27-20-16-24(17-21-27)25-18-22-30(23-19-25)34(32,28-12-6-2-7-13-28)29-14-8-3-9-15-29/h1-23H/q+1. The summed E-state index contributed by atoms with van der Waals surface area (Å²) in [4.78, 5) is 0. The van der Waals surface area contributed by atoms with E-state index in [-0.39, 0.29) is 0 Å². The van der Waals surface area contributed by atoms with Crippen molar-refractivity contribution in [3.8, 4) is 11.1 Å². The maximum absolute atomic E-state index is 14.5. The summed E-state index contributed by atoms with van der Waals surface area (Å²) in [5.74, 6) is 0. The number of rotatable bonds is 6. The second kappa shape index (κ2) is 9.74. The molecule has 0 aliphatic carbocycles. The quantitative estimate of drug-likeness (QED) is 0.291. The van der Waals surface area contributed by atoms with Crippen LogP contribution in [0.4, 0.5) is 0 Å². The Labute approximate surface area is 201 Å². The van der Waals surface area contributed by atoms with Gasteiger partial charge in [0.1, 0.15) is 0 Å². The van der Waals surface area contributed by atoms with Crippen LogP contribution in [-0.4, -0.2) is 0 Å². The van der Waals surface area contributed by atoms with Crippen LogP contribution in [0.1, 0.15) is 0 Å². The number of hydrogen-bond donors (Lipinski definition) is 0. The summed E-state index contributed by atoms with van der Waals surface area (Å²) in [5, 5.41) is 4.08.